The van der Waals surface area contributed by atoms with E-state index >= 15 is 0 Å². The minimum atomic E-state index is -3.67. The van der Waals surface area contributed by atoms with E-state index < -0.39 is 10.0 Å². The Hall–Kier alpha value is -1.74. The molecule has 0 aliphatic carbocycles. The van der Waals surface area contributed by atoms with Gasteiger partial charge >= 0.3 is 0 Å². The summed E-state index contributed by atoms with van der Waals surface area (Å²) in [4.78, 5) is 5.78. The Balaban J connectivity index is 1.85. The maximum absolute atomic E-state index is 11.3. The zero-order chi connectivity index (χ0) is 19.7. The molecule has 0 bridgehead atoms. The van der Waals surface area contributed by atoms with Crippen molar-refractivity contribution in [2.45, 2.75) is 23.3 Å². The van der Waals surface area contributed by atoms with Crippen LogP contribution in [0, 0.1) is 0 Å². The molecule has 0 fully saturated rings. The second kappa shape index (κ2) is 10.6. The van der Waals surface area contributed by atoms with Gasteiger partial charge in [0.15, 0.2) is 5.96 Å². The van der Waals surface area contributed by atoms with E-state index in [-0.39, 0.29) is 4.90 Å². The molecule has 0 amide bonds. The van der Waals surface area contributed by atoms with Gasteiger partial charge in [-0.25, -0.2) is 18.5 Å². The number of nitrogens with two attached hydrogens (primary N) is 1. The van der Waals surface area contributed by atoms with Gasteiger partial charge in [0.25, 0.3) is 0 Å². The highest BCUT2D eigenvalue weighted by atomic mass is 35.5. The summed E-state index contributed by atoms with van der Waals surface area (Å²) >= 11 is 7.62. The first-order valence-corrected chi connectivity index (χ1v) is 11.3. The van der Waals surface area contributed by atoms with Crippen LogP contribution in [-0.4, -0.2) is 33.2 Å². The van der Waals surface area contributed by atoms with Crippen LogP contribution in [0.1, 0.15) is 12.5 Å². The molecule has 146 valence electrons. The fourth-order valence-corrected chi connectivity index (χ4v) is 3.58. The highest BCUT2D eigenvalue weighted by Crippen LogP contribution is 2.19. The lowest BCUT2D eigenvalue weighted by Gasteiger charge is -2.11. The zero-order valence-electron chi connectivity index (χ0n) is 15.0. The molecule has 0 unspecified atom stereocenters. The van der Waals surface area contributed by atoms with Gasteiger partial charge in [-0.05, 0) is 48.9 Å². The summed E-state index contributed by atoms with van der Waals surface area (Å²) in [5, 5.41) is 12.3. The number of nitrogens with zero attached hydrogens (tertiary/aromatic N) is 1. The van der Waals surface area contributed by atoms with E-state index in [9.17, 15) is 8.42 Å². The average Bonchev–Trinajstić information content (AvgIpc) is 2.64. The number of rotatable bonds is 8. The Morgan fingerprint density at radius 1 is 1.11 bits per heavy atom. The molecule has 2 aromatic carbocycles. The number of sulfonamides is 1. The third-order valence-corrected chi connectivity index (χ3v) is 5.69. The van der Waals surface area contributed by atoms with Crippen LogP contribution in [0.25, 0.3) is 0 Å². The third kappa shape index (κ3) is 7.80. The maximum Gasteiger partial charge on any atom is 0.238 e. The maximum atomic E-state index is 11.3. The van der Waals surface area contributed by atoms with Crippen molar-refractivity contribution in [1.82, 2.24) is 10.6 Å². The fraction of sp³-hybridized carbons (Fsp3) is 0.278. The van der Waals surface area contributed by atoms with E-state index in [1.54, 1.807) is 23.9 Å². The Bertz CT molecular complexity index is 854. The molecular weight excluding hydrogens is 404 g/mol. The minimum absolute atomic E-state index is 0.0967. The van der Waals surface area contributed by atoms with Crippen molar-refractivity contribution in [3.63, 3.8) is 0 Å². The number of hydrogen-bond acceptors (Lipinski definition) is 4. The molecule has 0 radical (unpaired) electrons. The van der Waals surface area contributed by atoms with E-state index in [1.807, 2.05) is 31.2 Å². The van der Waals surface area contributed by atoms with Crippen molar-refractivity contribution < 1.29 is 8.42 Å². The molecule has 2 rings (SSSR count). The Kier molecular flexibility index (Phi) is 8.43. The van der Waals surface area contributed by atoms with Gasteiger partial charge in [-0.15, -0.1) is 11.8 Å². The SMILES string of the molecule is CCNC(=NCc1ccc(S(N)(=O)=O)cc1)NCCSc1ccc(Cl)cc1. The Morgan fingerprint density at radius 2 is 1.78 bits per heavy atom. The summed E-state index contributed by atoms with van der Waals surface area (Å²) < 4.78 is 22.6. The number of benzene rings is 2. The largest absolute Gasteiger partial charge is 0.357 e. The van der Waals surface area contributed by atoms with Gasteiger partial charge in [-0.2, -0.15) is 0 Å². The van der Waals surface area contributed by atoms with Crippen LogP contribution in [0.5, 0.6) is 0 Å². The molecule has 0 aliphatic rings. The molecule has 0 saturated heterocycles. The number of guanidine groups is 1. The molecular formula is C18H23ClN4O2S2. The van der Waals surface area contributed by atoms with Gasteiger partial charge in [0.1, 0.15) is 0 Å². The zero-order valence-corrected chi connectivity index (χ0v) is 17.4. The molecule has 0 atom stereocenters. The topological polar surface area (TPSA) is 96.6 Å². The highest BCUT2D eigenvalue weighted by molar-refractivity contribution is 7.99. The number of hydrogen-bond donors (Lipinski definition) is 3. The van der Waals surface area contributed by atoms with Crippen LogP contribution in [0.3, 0.4) is 0 Å². The standard InChI is InChI=1S/C18H23ClN4O2S2/c1-2-21-18(22-11-12-26-16-7-5-15(19)6-8-16)23-13-14-3-9-17(10-4-14)27(20,24)25/h3-10H,2,11-13H2,1H3,(H2,20,24,25)(H2,21,22,23). The Morgan fingerprint density at radius 3 is 2.37 bits per heavy atom. The normalized spacial score (nSPS) is 12.0. The predicted molar refractivity (Wildman–Crippen MR) is 113 cm³/mol. The molecule has 27 heavy (non-hydrogen) atoms. The number of thioether (sulfide) groups is 1. The molecule has 0 aliphatic heterocycles. The molecule has 0 saturated carbocycles. The highest BCUT2D eigenvalue weighted by Gasteiger charge is 2.06. The van der Waals surface area contributed by atoms with Gasteiger partial charge in [0.2, 0.25) is 10.0 Å². The van der Waals surface area contributed by atoms with Gasteiger partial charge in [-0.3, -0.25) is 0 Å². The van der Waals surface area contributed by atoms with Crippen molar-refractivity contribution in [2.75, 3.05) is 18.8 Å². The van der Waals surface area contributed by atoms with Crippen LogP contribution in [0.15, 0.2) is 63.3 Å². The summed E-state index contributed by atoms with van der Waals surface area (Å²) in [7, 11) is -3.67. The van der Waals surface area contributed by atoms with E-state index in [1.165, 1.54) is 12.1 Å². The van der Waals surface area contributed by atoms with Crippen molar-refractivity contribution in [1.29, 1.82) is 0 Å². The van der Waals surface area contributed by atoms with Gasteiger partial charge in [-0.1, -0.05) is 23.7 Å². The van der Waals surface area contributed by atoms with Crippen molar-refractivity contribution in [3.05, 3.63) is 59.1 Å². The monoisotopic (exact) mass is 426 g/mol. The van der Waals surface area contributed by atoms with Crippen molar-refractivity contribution >= 4 is 39.3 Å². The van der Waals surface area contributed by atoms with E-state index in [0.29, 0.717) is 12.5 Å². The van der Waals surface area contributed by atoms with E-state index in [2.05, 4.69) is 15.6 Å². The lowest BCUT2D eigenvalue weighted by atomic mass is 10.2. The molecule has 2 aromatic rings. The van der Waals surface area contributed by atoms with Gasteiger partial charge in [0.05, 0.1) is 11.4 Å². The minimum Gasteiger partial charge on any atom is -0.357 e. The number of aliphatic imine (C=N–C) groups is 1. The lowest BCUT2D eigenvalue weighted by molar-refractivity contribution is 0.598. The summed E-state index contributed by atoms with van der Waals surface area (Å²) in [5.74, 6) is 1.60. The second-order valence-electron chi connectivity index (χ2n) is 5.61. The smallest absolute Gasteiger partial charge is 0.238 e. The van der Waals surface area contributed by atoms with Gasteiger partial charge < -0.3 is 10.6 Å². The molecule has 0 spiro atoms. The van der Waals surface area contributed by atoms with Crippen molar-refractivity contribution in [2.24, 2.45) is 10.1 Å². The van der Waals surface area contributed by atoms with Crippen LogP contribution in [0.4, 0.5) is 0 Å². The predicted octanol–water partition coefficient (Wildman–Crippen LogP) is 2.83. The molecule has 4 N–H and O–H groups in total. The first-order chi connectivity index (χ1) is 12.9. The average molecular weight is 427 g/mol. The van der Waals surface area contributed by atoms with E-state index in [0.717, 1.165) is 34.3 Å². The summed E-state index contributed by atoms with van der Waals surface area (Å²) in [6.45, 7) is 3.94. The van der Waals surface area contributed by atoms with Crippen molar-refractivity contribution in [3.8, 4) is 0 Å². The number of primary sulfonamides is 1. The summed E-state index contributed by atoms with van der Waals surface area (Å²) in [6.07, 6.45) is 0. The van der Waals surface area contributed by atoms with Crippen LogP contribution >= 0.6 is 23.4 Å². The fourth-order valence-electron chi connectivity index (χ4n) is 2.17. The third-order valence-electron chi connectivity index (χ3n) is 3.49. The number of halogens is 1. The lowest BCUT2D eigenvalue weighted by Crippen LogP contribution is -2.38. The van der Waals surface area contributed by atoms with Crippen LogP contribution < -0.4 is 15.8 Å². The summed E-state index contributed by atoms with van der Waals surface area (Å²) in [5.41, 5.74) is 0.898. The summed E-state index contributed by atoms with van der Waals surface area (Å²) in [6, 6.07) is 14.2. The number of nitrogens with one attached hydrogen (secondary N) is 2. The first kappa shape index (κ1) is 21.6. The molecule has 9 heteroatoms. The molecule has 0 heterocycles. The quantitative estimate of drug-likeness (QED) is 0.261. The second-order valence-corrected chi connectivity index (χ2v) is 8.78. The Labute approximate surface area is 169 Å². The van der Waals surface area contributed by atoms with Crippen LogP contribution in [0.2, 0.25) is 5.02 Å². The molecule has 6 nitrogen and oxygen atoms in total. The molecule has 0 aromatic heterocycles. The van der Waals surface area contributed by atoms with Gasteiger partial charge in [0, 0.05) is 28.8 Å². The van der Waals surface area contributed by atoms with E-state index in [4.69, 9.17) is 16.7 Å². The van der Waals surface area contributed by atoms with Crippen LogP contribution in [-0.2, 0) is 16.6 Å². The first-order valence-electron chi connectivity index (χ1n) is 8.41.